The van der Waals surface area contributed by atoms with E-state index in [1.165, 1.54) is 6.92 Å². The van der Waals surface area contributed by atoms with Gasteiger partial charge in [-0.3, -0.25) is 13.6 Å². The van der Waals surface area contributed by atoms with Gasteiger partial charge < -0.3 is 5.11 Å². The van der Waals surface area contributed by atoms with Crippen LogP contribution in [0.15, 0.2) is 0 Å². The standard InChI is InChI=1S/C8H19O5P/c1-4-6-11-14(10,12-7-5-2)13-8(3)9/h8-9H,4-7H2,1-3H3. The van der Waals surface area contributed by atoms with Crippen molar-refractivity contribution < 1.29 is 23.2 Å². The van der Waals surface area contributed by atoms with Gasteiger partial charge in [0.1, 0.15) is 0 Å². The lowest BCUT2D eigenvalue weighted by Crippen LogP contribution is -2.09. The molecule has 0 aliphatic heterocycles. The predicted octanol–water partition coefficient (Wildman–Crippen LogP) is 2.30. The zero-order valence-corrected chi connectivity index (χ0v) is 9.83. The van der Waals surface area contributed by atoms with Crippen molar-refractivity contribution in [1.29, 1.82) is 0 Å². The lowest BCUT2D eigenvalue weighted by atomic mass is 10.5. The molecule has 6 heteroatoms. The largest absolute Gasteiger partial charge is 0.477 e. The van der Waals surface area contributed by atoms with Crippen LogP contribution in [0.25, 0.3) is 0 Å². The molecule has 14 heavy (non-hydrogen) atoms. The second-order valence-electron chi connectivity index (χ2n) is 2.82. The van der Waals surface area contributed by atoms with Gasteiger partial charge >= 0.3 is 7.82 Å². The SMILES string of the molecule is CCCOP(=O)(OCCC)OC(C)O. The van der Waals surface area contributed by atoms with Crippen LogP contribution in [0.5, 0.6) is 0 Å². The van der Waals surface area contributed by atoms with E-state index in [1.807, 2.05) is 13.8 Å². The number of aliphatic hydroxyl groups excluding tert-OH is 1. The molecule has 0 saturated heterocycles. The molecule has 1 unspecified atom stereocenters. The Balaban J connectivity index is 4.11. The van der Waals surface area contributed by atoms with Crippen LogP contribution < -0.4 is 0 Å². The average Bonchev–Trinajstić information content (AvgIpc) is 2.11. The maximum atomic E-state index is 11.7. The van der Waals surface area contributed by atoms with Gasteiger partial charge in [-0.2, -0.15) is 0 Å². The maximum Gasteiger partial charge on any atom is 0.477 e. The Morgan fingerprint density at radius 1 is 1.21 bits per heavy atom. The molecule has 0 aliphatic rings. The number of hydrogen-bond acceptors (Lipinski definition) is 5. The molecule has 0 amide bonds. The van der Waals surface area contributed by atoms with Gasteiger partial charge in [0.05, 0.1) is 13.2 Å². The van der Waals surface area contributed by atoms with E-state index in [4.69, 9.17) is 18.7 Å². The molecule has 5 nitrogen and oxygen atoms in total. The van der Waals surface area contributed by atoms with E-state index >= 15 is 0 Å². The average molecular weight is 226 g/mol. The third kappa shape index (κ3) is 6.51. The van der Waals surface area contributed by atoms with E-state index in [0.717, 1.165) is 0 Å². The van der Waals surface area contributed by atoms with Crippen LogP contribution in [0.3, 0.4) is 0 Å². The second kappa shape index (κ2) is 7.37. The Morgan fingerprint density at radius 3 is 1.93 bits per heavy atom. The summed E-state index contributed by atoms with van der Waals surface area (Å²) in [7, 11) is -3.56. The fourth-order valence-electron chi connectivity index (χ4n) is 0.691. The highest BCUT2D eigenvalue weighted by atomic mass is 31.2. The highest BCUT2D eigenvalue weighted by Gasteiger charge is 2.28. The molecule has 1 atom stereocenters. The zero-order chi connectivity index (χ0) is 11.0. The van der Waals surface area contributed by atoms with Crippen molar-refractivity contribution in [3.63, 3.8) is 0 Å². The molecule has 0 aromatic rings. The summed E-state index contributed by atoms with van der Waals surface area (Å²) in [5.74, 6) is 0. The Morgan fingerprint density at radius 2 is 1.64 bits per heavy atom. The van der Waals surface area contributed by atoms with E-state index in [0.29, 0.717) is 12.8 Å². The highest BCUT2D eigenvalue weighted by molar-refractivity contribution is 7.48. The first-order valence-electron chi connectivity index (χ1n) is 4.79. The van der Waals surface area contributed by atoms with Crippen molar-refractivity contribution in [1.82, 2.24) is 0 Å². The summed E-state index contributed by atoms with van der Waals surface area (Å²) in [6.07, 6.45) is 0.264. The Bertz CT molecular complexity index is 171. The first-order chi connectivity index (χ1) is 6.54. The van der Waals surface area contributed by atoms with E-state index in [9.17, 15) is 4.57 Å². The first kappa shape index (κ1) is 14.1. The molecule has 0 fully saturated rings. The molecule has 0 rings (SSSR count). The summed E-state index contributed by atoms with van der Waals surface area (Å²) in [5, 5.41) is 8.93. The van der Waals surface area contributed by atoms with Crippen LogP contribution in [0.4, 0.5) is 0 Å². The molecule has 0 spiro atoms. The summed E-state index contributed by atoms with van der Waals surface area (Å²) in [6, 6.07) is 0. The van der Waals surface area contributed by atoms with E-state index in [-0.39, 0.29) is 13.2 Å². The molecular weight excluding hydrogens is 207 g/mol. The minimum atomic E-state index is -3.56. The molecule has 0 aromatic carbocycles. The second-order valence-corrected chi connectivity index (χ2v) is 4.44. The van der Waals surface area contributed by atoms with Crippen molar-refractivity contribution in [2.75, 3.05) is 13.2 Å². The number of hydrogen-bond donors (Lipinski definition) is 1. The van der Waals surface area contributed by atoms with Gasteiger partial charge in [-0.05, 0) is 19.8 Å². The third-order valence-electron chi connectivity index (χ3n) is 1.19. The van der Waals surface area contributed by atoms with Crippen LogP contribution in [0, 0.1) is 0 Å². The third-order valence-corrected chi connectivity index (χ3v) is 2.75. The first-order valence-corrected chi connectivity index (χ1v) is 6.25. The van der Waals surface area contributed by atoms with E-state index in [2.05, 4.69) is 0 Å². The molecule has 0 bridgehead atoms. The topological polar surface area (TPSA) is 65.0 Å². The molecule has 86 valence electrons. The van der Waals surface area contributed by atoms with Crippen molar-refractivity contribution in [3.8, 4) is 0 Å². The molecule has 0 aromatic heterocycles. The van der Waals surface area contributed by atoms with Gasteiger partial charge in [0.2, 0.25) is 0 Å². The molecule has 0 radical (unpaired) electrons. The lowest BCUT2D eigenvalue weighted by Gasteiger charge is -2.18. The van der Waals surface area contributed by atoms with Crippen LogP contribution in [-0.4, -0.2) is 24.6 Å². The maximum absolute atomic E-state index is 11.7. The number of rotatable bonds is 8. The van der Waals surface area contributed by atoms with Crippen LogP contribution >= 0.6 is 7.82 Å². The molecule has 0 heterocycles. The number of phosphoric ester groups is 1. The molecule has 1 N–H and O–H groups in total. The Hall–Kier alpha value is 0.0700. The highest BCUT2D eigenvalue weighted by Crippen LogP contribution is 2.50. The normalized spacial score (nSPS) is 14.3. The predicted molar refractivity (Wildman–Crippen MR) is 52.9 cm³/mol. The van der Waals surface area contributed by atoms with E-state index < -0.39 is 14.1 Å². The number of phosphoric acid groups is 1. The minimum absolute atomic E-state index is 0.285. The number of aliphatic hydroxyl groups is 1. The summed E-state index contributed by atoms with van der Waals surface area (Å²) in [6.45, 7) is 5.69. The van der Waals surface area contributed by atoms with Gasteiger partial charge in [-0.25, -0.2) is 4.57 Å². The molecule has 0 aliphatic carbocycles. The summed E-state index contributed by atoms with van der Waals surface area (Å²) in [4.78, 5) is 0. The van der Waals surface area contributed by atoms with Crippen molar-refractivity contribution in [2.24, 2.45) is 0 Å². The Labute approximate surface area is 85.0 Å². The monoisotopic (exact) mass is 226 g/mol. The summed E-state index contributed by atoms with van der Waals surface area (Å²) >= 11 is 0. The van der Waals surface area contributed by atoms with Crippen molar-refractivity contribution in [3.05, 3.63) is 0 Å². The van der Waals surface area contributed by atoms with Gasteiger partial charge in [-0.1, -0.05) is 13.8 Å². The minimum Gasteiger partial charge on any atom is -0.368 e. The quantitative estimate of drug-likeness (QED) is 0.508. The fraction of sp³-hybridized carbons (Fsp3) is 1.00. The fourth-order valence-corrected chi connectivity index (χ4v) is 2.07. The van der Waals surface area contributed by atoms with Crippen LogP contribution in [0.2, 0.25) is 0 Å². The lowest BCUT2D eigenvalue weighted by molar-refractivity contribution is -0.0348. The molecule has 0 saturated carbocycles. The Kier molecular flexibility index (Phi) is 7.41. The zero-order valence-electron chi connectivity index (χ0n) is 8.93. The smallest absolute Gasteiger partial charge is 0.368 e. The van der Waals surface area contributed by atoms with Crippen molar-refractivity contribution in [2.45, 2.75) is 39.9 Å². The van der Waals surface area contributed by atoms with E-state index in [1.54, 1.807) is 0 Å². The summed E-state index contributed by atoms with van der Waals surface area (Å²) < 4.78 is 26.3. The summed E-state index contributed by atoms with van der Waals surface area (Å²) in [5.41, 5.74) is 0. The van der Waals surface area contributed by atoms with Gasteiger partial charge in [0.15, 0.2) is 6.29 Å². The van der Waals surface area contributed by atoms with Crippen LogP contribution in [-0.2, 0) is 18.1 Å². The van der Waals surface area contributed by atoms with Crippen LogP contribution in [0.1, 0.15) is 33.6 Å². The van der Waals surface area contributed by atoms with Gasteiger partial charge in [0, 0.05) is 0 Å². The molecular formula is C8H19O5P. The van der Waals surface area contributed by atoms with Crippen molar-refractivity contribution >= 4 is 7.82 Å². The van der Waals surface area contributed by atoms with Gasteiger partial charge in [0.25, 0.3) is 0 Å². The van der Waals surface area contributed by atoms with Gasteiger partial charge in [-0.15, -0.1) is 0 Å².